The second-order valence-electron chi connectivity index (χ2n) is 4.26. The van der Waals surface area contributed by atoms with Gasteiger partial charge >= 0.3 is 5.95 Å². The van der Waals surface area contributed by atoms with Gasteiger partial charge in [-0.25, -0.2) is 4.98 Å². The van der Waals surface area contributed by atoms with E-state index in [9.17, 15) is 5.11 Å². The molecular formula is C11H18N5O3+. The van der Waals surface area contributed by atoms with Crippen molar-refractivity contribution < 1.29 is 20.3 Å². The lowest BCUT2D eigenvalue weighted by Crippen LogP contribution is -2.39. The summed E-state index contributed by atoms with van der Waals surface area (Å²) in [4.78, 5) is 9.97. The molecule has 1 unspecified atom stereocenters. The minimum Gasteiger partial charge on any atom is -0.395 e. The van der Waals surface area contributed by atoms with Crippen LogP contribution in [0, 0.1) is 0 Å². The Bertz CT molecular complexity index is 540. The van der Waals surface area contributed by atoms with E-state index in [0.29, 0.717) is 5.52 Å². The van der Waals surface area contributed by atoms with Gasteiger partial charge in [-0.15, -0.1) is 0 Å². The highest BCUT2D eigenvalue weighted by Crippen LogP contribution is 2.22. The summed E-state index contributed by atoms with van der Waals surface area (Å²) >= 11 is 0. The Morgan fingerprint density at radius 3 is 2.68 bits per heavy atom. The Morgan fingerprint density at radius 1 is 1.32 bits per heavy atom. The van der Waals surface area contributed by atoms with Crippen LogP contribution in [0.1, 0.15) is 11.6 Å². The number of nitrogens with zero attached hydrogens (tertiary/aromatic N) is 1. The zero-order valence-corrected chi connectivity index (χ0v) is 10.3. The number of fused-ring (bicyclic) bond motifs is 1. The number of hydrogen-bond acceptors (Lipinski definition) is 6. The van der Waals surface area contributed by atoms with E-state index in [4.69, 9.17) is 15.9 Å². The lowest BCUT2D eigenvalue weighted by atomic mass is 10.1. The third-order valence-corrected chi connectivity index (χ3v) is 2.94. The Labute approximate surface area is 109 Å². The average molecular weight is 268 g/mol. The maximum absolute atomic E-state index is 9.46. The molecule has 0 aliphatic heterocycles. The summed E-state index contributed by atoms with van der Waals surface area (Å²) < 4.78 is 0. The Hall–Kier alpha value is -1.74. The van der Waals surface area contributed by atoms with E-state index in [1.54, 1.807) is 12.4 Å². The predicted octanol–water partition coefficient (Wildman–Crippen LogP) is -2.06. The number of H-pyrrole nitrogens is 2. The van der Waals surface area contributed by atoms with Gasteiger partial charge in [0, 0.05) is 11.8 Å². The Morgan fingerprint density at radius 2 is 2.05 bits per heavy atom. The van der Waals surface area contributed by atoms with Gasteiger partial charge < -0.3 is 25.6 Å². The highest BCUT2D eigenvalue weighted by Gasteiger charge is 2.21. The first-order valence-electron chi connectivity index (χ1n) is 5.93. The van der Waals surface area contributed by atoms with Crippen molar-refractivity contribution in [3.63, 3.8) is 0 Å². The smallest absolute Gasteiger partial charge is 0.387 e. The van der Waals surface area contributed by atoms with Crippen LogP contribution in [0.5, 0.6) is 0 Å². The summed E-state index contributed by atoms with van der Waals surface area (Å²) in [6.07, 6.45) is 3.40. The van der Waals surface area contributed by atoms with E-state index in [1.165, 1.54) is 0 Å². The zero-order chi connectivity index (χ0) is 13.8. The normalized spacial score (nSPS) is 13.3. The third-order valence-electron chi connectivity index (χ3n) is 2.94. The predicted molar refractivity (Wildman–Crippen MR) is 68.0 cm³/mol. The molecule has 8 N–H and O–H groups in total. The number of hydrogen-bond donors (Lipinski definition) is 6. The van der Waals surface area contributed by atoms with Crippen molar-refractivity contribution in [1.82, 2.24) is 15.3 Å². The quantitative estimate of drug-likeness (QED) is 0.355. The van der Waals surface area contributed by atoms with Gasteiger partial charge in [-0.1, -0.05) is 4.98 Å². The monoisotopic (exact) mass is 268 g/mol. The van der Waals surface area contributed by atoms with Gasteiger partial charge in [-0.2, -0.15) is 0 Å². The van der Waals surface area contributed by atoms with Crippen molar-refractivity contribution in [2.45, 2.75) is 12.1 Å². The molecule has 0 saturated heterocycles. The molecule has 0 bridgehead atoms. The minimum absolute atomic E-state index is 0.191. The molecule has 2 rings (SSSR count). The molecular weight excluding hydrogens is 250 g/mol. The van der Waals surface area contributed by atoms with Gasteiger partial charge in [0.2, 0.25) is 0 Å². The molecule has 0 aliphatic carbocycles. The number of rotatable bonds is 6. The maximum Gasteiger partial charge on any atom is 0.387 e. The SMILES string of the molecule is Nc1nc2c(C(CO)NC(CO)CO)c[nH]c2c[nH+]1. The highest BCUT2D eigenvalue weighted by molar-refractivity contribution is 5.78. The van der Waals surface area contributed by atoms with Crippen molar-refractivity contribution in [2.24, 2.45) is 0 Å². The molecule has 2 heterocycles. The molecule has 2 aromatic heterocycles. The Balaban J connectivity index is 2.32. The Kier molecular flexibility index (Phi) is 4.27. The molecule has 0 aromatic carbocycles. The molecule has 2 aromatic rings. The fraction of sp³-hybridized carbons (Fsp3) is 0.455. The van der Waals surface area contributed by atoms with Crippen molar-refractivity contribution in [2.75, 3.05) is 25.6 Å². The molecule has 8 heteroatoms. The van der Waals surface area contributed by atoms with Gasteiger partial charge in [-0.3, -0.25) is 5.73 Å². The second-order valence-corrected chi connectivity index (χ2v) is 4.26. The van der Waals surface area contributed by atoms with E-state index in [0.717, 1.165) is 11.1 Å². The number of nitrogen functional groups attached to an aromatic ring is 1. The molecule has 104 valence electrons. The number of aliphatic hydroxyl groups excluding tert-OH is 3. The van der Waals surface area contributed by atoms with Gasteiger partial charge in [0.15, 0.2) is 5.52 Å². The summed E-state index contributed by atoms with van der Waals surface area (Å²) in [6.45, 7) is -0.638. The van der Waals surface area contributed by atoms with Crippen LogP contribution in [-0.2, 0) is 0 Å². The van der Waals surface area contributed by atoms with Gasteiger partial charge in [0.1, 0.15) is 5.52 Å². The van der Waals surface area contributed by atoms with Crippen LogP contribution in [0.15, 0.2) is 12.4 Å². The van der Waals surface area contributed by atoms with E-state index in [-0.39, 0.29) is 25.8 Å². The van der Waals surface area contributed by atoms with E-state index < -0.39 is 12.1 Å². The van der Waals surface area contributed by atoms with Crippen molar-refractivity contribution >= 4 is 17.0 Å². The lowest BCUT2D eigenvalue weighted by molar-refractivity contribution is -0.362. The fourth-order valence-electron chi connectivity index (χ4n) is 1.94. The largest absolute Gasteiger partial charge is 0.395 e. The van der Waals surface area contributed by atoms with Crippen molar-refractivity contribution in [1.29, 1.82) is 0 Å². The first kappa shape index (κ1) is 13.7. The maximum atomic E-state index is 9.46. The van der Waals surface area contributed by atoms with Crippen molar-refractivity contribution in [3.05, 3.63) is 18.0 Å². The summed E-state index contributed by atoms with van der Waals surface area (Å²) in [5.74, 6) is 0.269. The summed E-state index contributed by atoms with van der Waals surface area (Å²) in [5.41, 5.74) is 7.73. The van der Waals surface area contributed by atoms with Crippen molar-refractivity contribution in [3.8, 4) is 0 Å². The summed E-state index contributed by atoms with van der Waals surface area (Å²) in [6, 6.07) is -0.956. The van der Waals surface area contributed by atoms with Crippen LogP contribution in [0.3, 0.4) is 0 Å². The molecule has 1 atom stereocenters. The number of nitrogens with two attached hydrogens (primary N) is 1. The summed E-state index contributed by atoms with van der Waals surface area (Å²) in [7, 11) is 0. The number of nitrogens with one attached hydrogen (secondary N) is 3. The van der Waals surface area contributed by atoms with Crippen LogP contribution in [-0.4, -0.2) is 51.2 Å². The first-order valence-corrected chi connectivity index (χ1v) is 5.93. The van der Waals surface area contributed by atoms with Crippen LogP contribution < -0.4 is 16.0 Å². The van der Waals surface area contributed by atoms with Crippen LogP contribution in [0.2, 0.25) is 0 Å². The molecule has 0 saturated carbocycles. The lowest BCUT2D eigenvalue weighted by Gasteiger charge is -2.20. The second kappa shape index (κ2) is 5.93. The standard InChI is InChI=1S/C11H17N5O3/c12-11-14-2-8-10(16-11)7(1-13-8)9(5-19)15-6(3-17)4-18/h1-2,6,9,13,15,17-19H,3-5H2,(H2,12,14,16)/p+1. The van der Waals surface area contributed by atoms with Gasteiger partial charge in [-0.05, 0) is 0 Å². The summed E-state index contributed by atoms with van der Waals surface area (Å²) in [5, 5.41) is 30.6. The first-order chi connectivity index (χ1) is 9.19. The van der Waals surface area contributed by atoms with E-state index >= 15 is 0 Å². The fourth-order valence-corrected chi connectivity index (χ4v) is 1.94. The molecule has 0 spiro atoms. The molecule has 0 radical (unpaired) electrons. The molecule has 0 amide bonds. The average Bonchev–Trinajstić information content (AvgIpc) is 2.83. The van der Waals surface area contributed by atoms with Crippen LogP contribution in [0.4, 0.5) is 5.95 Å². The molecule has 19 heavy (non-hydrogen) atoms. The van der Waals surface area contributed by atoms with E-state index in [2.05, 4.69) is 20.3 Å². The topological polar surface area (TPSA) is 142 Å². The van der Waals surface area contributed by atoms with Gasteiger partial charge in [0.05, 0.1) is 38.1 Å². The number of aliphatic hydroxyl groups is 3. The highest BCUT2D eigenvalue weighted by atomic mass is 16.3. The number of aromatic nitrogens is 3. The number of aromatic amines is 2. The molecule has 0 fully saturated rings. The van der Waals surface area contributed by atoms with Crippen LogP contribution in [0.25, 0.3) is 11.0 Å². The van der Waals surface area contributed by atoms with E-state index in [1.807, 2.05) is 0 Å². The van der Waals surface area contributed by atoms with Gasteiger partial charge in [0.25, 0.3) is 0 Å². The zero-order valence-electron chi connectivity index (χ0n) is 10.3. The number of anilines is 1. The molecule has 0 aliphatic rings. The molecule has 8 nitrogen and oxygen atoms in total. The third kappa shape index (κ3) is 2.82. The minimum atomic E-state index is -0.505. The van der Waals surface area contributed by atoms with Crippen LogP contribution >= 0.6 is 0 Å².